The van der Waals surface area contributed by atoms with Crippen molar-refractivity contribution in [1.29, 1.82) is 0 Å². The number of alkyl carbamates (subject to hydrolysis) is 1. The van der Waals surface area contributed by atoms with Crippen LogP contribution in [0.4, 0.5) is 4.79 Å². The SMILES string of the molecule is CC(C)[C@H](NC(=O)OC(C)(C)C)C(=O)N1[C@@H](NC(=O)[C@@H](Cc2ccccc2)C(=O)c2nccs2)CS[C@@H]1c1ccccc1. The highest BCUT2D eigenvalue weighted by Crippen LogP contribution is 2.41. The van der Waals surface area contributed by atoms with Gasteiger partial charge in [-0.3, -0.25) is 14.4 Å². The molecule has 0 spiro atoms. The minimum atomic E-state index is -1.04. The zero-order chi connectivity index (χ0) is 31.1. The van der Waals surface area contributed by atoms with Crippen molar-refractivity contribution >= 4 is 46.8 Å². The van der Waals surface area contributed by atoms with E-state index in [1.165, 1.54) is 29.3 Å². The van der Waals surface area contributed by atoms with E-state index in [9.17, 15) is 19.2 Å². The van der Waals surface area contributed by atoms with E-state index in [0.29, 0.717) is 5.75 Å². The second-order valence-corrected chi connectivity index (χ2v) is 13.7. The van der Waals surface area contributed by atoms with Crippen molar-refractivity contribution in [2.45, 2.75) is 64.2 Å². The van der Waals surface area contributed by atoms with Crippen LogP contribution in [-0.4, -0.2) is 57.1 Å². The number of hydrogen-bond donors (Lipinski definition) is 2. The van der Waals surface area contributed by atoms with E-state index in [-0.39, 0.29) is 29.0 Å². The second kappa shape index (κ2) is 14.2. The molecule has 228 valence electrons. The van der Waals surface area contributed by atoms with Crippen LogP contribution in [0.5, 0.6) is 0 Å². The number of thioether (sulfide) groups is 1. The molecule has 4 atom stereocenters. The van der Waals surface area contributed by atoms with Crippen LogP contribution < -0.4 is 10.6 Å². The van der Waals surface area contributed by atoms with Crippen LogP contribution in [0.2, 0.25) is 0 Å². The molecule has 1 fully saturated rings. The first-order valence-electron chi connectivity index (χ1n) is 14.2. The Labute approximate surface area is 260 Å². The second-order valence-electron chi connectivity index (χ2n) is 11.7. The number of benzene rings is 2. The molecule has 43 heavy (non-hydrogen) atoms. The fourth-order valence-corrected chi connectivity index (χ4v) is 6.78. The molecular weight excluding hydrogens is 585 g/mol. The van der Waals surface area contributed by atoms with E-state index in [4.69, 9.17) is 4.74 Å². The number of ether oxygens (including phenoxy) is 1. The maximum absolute atomic E-state index is 14.3. The van der Waals surface area contributed by atoms with Gasteiger partial charge in [-0.1, -0.05) is 74.5 Å². The topological polar surface area (TPSA) is 118 Å². The Bertz CT molecular complexity index is 1390. The monoisotopic (exact) mass is 622 g/mol. The molecule has 0 radical (unpaired) electrons. The van der Waals surface area contributed by atoms with Gasteiger partial charge in [-0.2, -0.15) is 0 Å². The number of rotatable bonds is 10. The molecular formula is C32H38N4O5S2. The van der Waals surface area contributed by atoms with Gasteiger partial charge in [0.2, 0.25) is 17.6 Å². The largest absolute Gasteiger partial charge is 0.444 e. The van der Waals surface area contributed by atoms with E-state index in [0.717, 1.165) is 11.1 Å². The van der Waals surface area contributed by atoms with Crippen molar-refractivity contribution in [2.75, 3.05) is 5.75 Å². The van der Waals surface area contributed by atoms with E-state index < -0.39 is 41.1 Å². The van der Waals surface area contributed by atoms with Gasteiger partial charge in [-0.15, -0.1) is 23.1 Å². The Morgan fingerprint density at radius 3 is 2.26 bits per heavy atom. The molecule has 3 aromatic rings. The third-order valence-electron chi connectivity index (χ3n) is 6.81. The first-order chi connectivity index (χ1) is 20.4. The van der Waals surface area contributed by atoms with Crippen molar-refractivity contribution < 1.29 is 23.9 Å². The molecule has 1 aliphatic rings. The van der Waals surface area contributed by atoms with Gasteiger partial charge in [0.1, 0.15) is 29.1 Å². The summed E-state index contributed by atoms with van der Waals surface area (Å²) in [5.41, 5.74) is 0.987. The molecule has 2 heterocycles. The molecule has 1 aliphatic heterocycles. The third kappa shape index (κ3) is 8.45. The number of amides is 3. The van der Waals surface area contributed by atoms with Crippen LogP contribution in [0, 0.1) is 11.8 Å². The summed E-state index contributed by atoms with van der Waals surface area (Å²) in [7, 11) is 0. The maximum atomic E-state index is 14.3. The summed E-state index contributed by atoms with van der Waals surface area (Å²) in [6, 6.07) is 18.0. The van der Waals surface area contributed by atoms with Gasteiger partial charge < -0.3 is 20.3 Å². The van der Waals surface area contributed by atoms with Crippen molar-refractivity contribution in [1.82, 2.24) is 20.5 Å². The molecule has 0 aliphatic carbocycles. The average Bonchev–Trinajstić information content (AvgIpc) is 3.65. The van der Waals surface area contributed by atoms with E-state index >= 15 is 0 Å². The zero-order valence-electron chi connectivity index (χ0n) is 25.0. The smallest absolute Gasteiger partial charge is 0.408 e. The van der Waals surface area contributed by atoms with Crippen LogP contribution in [0.3, 0.4) is 0 Å². The van der Waals surface area contributed by atoms with Crippen LogP contribution >= 0.6 is 23.1 Å². The molecule has 1 aromatic heterocycles. The van der Waals surface area contributed by atoms with Gasteiger partial charge in [0.15, 0.2) is 5.01 Å². The van der Waals surface area contributed by atoms with Gasteiger partial charge in [0.25, 0.3) is 0 Å². The van der Waals surface area contributed by atoms with Gasteiger partial charge in [-0.05, 0) is 44.2 Å². The summed E-state index contributed by atoms with van der Waals surface area (Å²) in [5, 5.41) is 7.31. The van der Waals surface area contributed by atoms with Crippen molar-refractivity contribution in [2.24, 2.45) is 11.8 Å². The number of carbonyl (C=O) groups is 4. The number of thiazole rings is 1. The van der Waals surface area contributed by atoms with E-state index in [1.54, 1.807) is 31.1 Å². The molecule has 2 N–H and O–H groups in total. The average molecular weight is 623 g/mol. The zero-order valence-corrected chi connectivity index (χ0v) is 26.6. The summed E-state index contributed by atoms with van der Waals surface area (Å²) >= 11 is 2.70. The number of aromatic nitrogens is 1. The molecule has 11 heteroatoms. The first kappa shape index (κ1) is 32.2. The van der Waals surface area contributed by atoms with Crippen LogP contribution in [-0.2, 0) is 20.7 Å². The normalized spacial score (nSPS) is 18.1. The van der Waals surface area contributed by atoms with Crippen LogP contribution in [0.15, 0.2) is 72.2 Å². The highest BCUT2D eigenvalue weighted by Gasteiger charge is 2.44. The number of nitrogens with one attached hydrogen (secondary N) is 2. The molecule has 0 unspecified atom stereocenters. The maximum Gasteiger partial charge on any atom is 0.408 e. The summed E-state index contributed by atoms with van der Waals surface area (Å²) in [6.07, 6.45) is 0.312. The predicted molar refractivity (Wildman–Crippen MR) is 168 cm³/mol. The molecule has 1 saturated heterocycles. The lowest BCUT2D eigenvalue weighted by Crippen LogP contribution is -2.58. The minimum Gasteiger partial charge on any atom is -0.444 e. The Kier molecular flexibility index (Phi) is 10.6. The van der Waals surface area contributed by atoms with Gasteiger partial charge in [0.05, 0.1) is 0 Å². The number of Topliss-reactive ketones (excluding diaryl/α,β-unsaturated/α-hetero) is 1. The van der Waals surface area contributed by atoms with Gasteiger partial charge in [-0.25, -0.2) is 9.78 Å². The standard InChI is InChI=1S/C32H38N4O5S2/c1-20(2)25(35-31(40)41-32(3,4)5)29(39)36-24(19-43-30(36)22-14-10-7-11-15-22)34-27(38)23(18-21-12-8-6-9-13-21)26(37)28-33-16-17-42-28/h6-17,20,23-25,30H,18-19H2,1-5H3,(H,34,38)(H,35,40)/t23-,24+,25-,30+/m0/s1. The lowest BCUT2D eigenvalue weighted by atomic mass is 9.94. The Morgan fingerprint density at radius 2 is 1.67 bits per heavy atom. The van der Waals surface area contributed by atoms with Crippen molar-refractivity contribution in [3.63, 3.8) is 0 Å². The summed E-state index contributed by atoms with van der Waals surface area (Å²) in [6.45, 7) is 8.96. The highest BCUT2D eigenvalue weighted by atomic mass is 32.2. The summed E-state index contributed by atoms with van der Waals surface area (Å²) in [4.78, 5) is 60.2. The Hall–Kier alpha value is -3.70. The fraction of sp³-hybridized carbons (Fsp3) is 0.406. The number of ketones is 1. The summed E-state index contributed by atoms with van der Waals surface area (Å²) in [5.74, 6) is -2.11. The molecule has 0 bridgehead atoms. The quantitative estimate of drug-likeness (QED) is 0.228. The van der Waals surface area contributed by atoms with Gasteiger partial charge in [0, 0.05) is 17.3 Å². The highest BCUT2D eigenvalue weighted by molar-refractivity contribution is 7.99. The van der Waals surface area contributed by atoms with E-state index in [2.05, 4.69) is 15.6 Å². The Morgan fingerprint density at radius 1 is 1.02 bits per heavy atom. The van der Waals surface area contributed by atoms with Crippen molar-refractivity contribution in [3.05, 3.63) is 88.4 Å². The molecule has 0 saturated carbocycles. The van der Waals surface area contributed by atoms with E-state index in [1.807, 2.05) is 74.5 Å². The van der Waals surface area contributed by atoms with Crippen molar-refractivity contribution in [3.8, 4) is 0 Å². The lowest BCUT2D eigenvalue weighted by Gasteiger charge is -2.35. The number of carbonyl (C=O) groups excluding carboxylic acids is 4. The molecule has 2 aromatic carbocycles. The van der Waals surface area contributed by atoms with Crippen LogP contribution in [0.1, 0.15) is 60.9 Å². The molecule has 9 nitrogen and oxygen atoms in total. The third-order valence-corrected chi connectivity index (χ3v) is 8.92. The number of hydrogen-bond acceptors (Lipinski definition) is 8. The summed E-state index contributed by atoms with van der Waals surface area (Å²) < 4.78 is 5.45. The Balaban J connectivity index is 1.63. The number of nitrogens with zero attached hydrogens (tertiary/aromatic N) is 2. The fourth-order valence-electron chi connectivity index (χ4n) is 4.78. The minimum absolute atomic E-state index is 0.190. The first-order valence-corrected chi connectivity index (χ1v) is 16.1. The molecule has 4 rings (SSSR count). The molecule has 3 amide bonds. The van der Waals surface area contributed by atoms with Gasteiger partial charge >= 0.3 is 6.09 Å². The lowest BCUT2D eigenvalue weighted by molar-refractivity contribution is -0.139. The van der Waals surface area contributed by atoms with Crippen LogP contribution in [0.25, 0.3) is 0 Å². The predicted octanol–water partition coefficient (Wildman–Crippen LogP) is 5.45.